The molecule has 1 aromatic carbocycles. The van der Waals surface area contributed by atoms with Gasteiger partial charge in [0.15, 0.2) is 0 Å². The predicted octanol–water partition coefficient (Wildman–Crippen LogP) is 4.10. The van der Waals surface area contributed by atoms with Crippen molar-refractivity contribution in [2.45, 2.75) is 38.1 Å². The Morgan fingerprint density at radius 2 is 2.00 bits per heavy atom. The second kappa shape index (κ2) is 6.97. The highest BCUT2D eigenvalue weighted by Crippen LogP contribution is 2.22. The van der Waals surface area contributed by atoms with E-state index >= 15 is 0 Å². The molecule has 0 bridgehead atoms. The van der Waals surface area contributed by atoms with Crippen LogP contribution >= 0.6 is 0 Å². The molecule has 1 amide bonds. The lowest BCUT2D eigenvalue weighted by molar-refractivity contribution is -0.115. The van der Waals surface area contributed by atoms with Crippen molar-refractivity contribution in [2.75, 3.05) is 10.6 Å². The van der Waals surface area contributed by atoms with E-state index < -0.39 is 0 Å². The Labute approximate surface area is 146 Å². The SMILES string of the molecule is O=C(Cc1c[nH]c2ccccc12)Nc1ccc(NC2CCCC2)nc1. The normalized spacial score (nSPS) is 14.7. The number of para-hydroxylation sites is 1. The zero-order valence-corrected chi connectivity index (χ0v) is 14.1. The summed E-state index contributed by atoms with van der Waals surface area (Å²) in [4.78, 5) is 19.9. The molecule has 0 saturated heterocycles. The lowest BCUT2D eigenvalue weighted by Crippen LogP contribution is -2.16. The van der Waals surface area contributed by atoms with Gasteiger partial charge in [-0.2, -0.15) is 0 Å². The van der Waals surface area contributed by atoms with Gasteiger partial charge < -0.3 is 15.6 Å². The first-order valence-electron chi connectivity index (χ1n) is 8.85. The average Bonchev–Trinajstić information content (AvgIpc) is 3.27. The topological polar surface area (TPSA) is 69.8 Å². The van der Waals surface area contributed by atoms with Gasteiger partial charge in [0.2, 0.25) is 5.91 Å². The van der Waals surface area contributed by atoms with Crippen molar-refractivity contribution >= 4 is 28.3 Å². The smallest absolute Gasteiger partial charge is 0.228 e. The number of nitrogens with one attached hydrogen (secondary N) is 3. The first-order valence-corrected chi connectivity index (χ1v) is 8.85. The molecule has 25 heavy (non-hydrogen) atoms. The van der Waals surface area contributed by atoms with Crippen LogP contribution in [0.4, 0.5) is 11.5 Å². The van der Waals surface area contributed by atoms with E-state index in [0.29, 0.717) is 12.5 Å². The summed E-state index contributed by atoms with van der Waals surface area (Å²) < 4.78 is 0. The summed E-state index contributed by atoms with van der Waals surface area (Å²) in [6.07, 6.45) is 8.96. The van der Waals surface area contributed by atoms with Gasteiger partial charge in [-0.25, -0.2) is 4.98 Å². The van der Waals surface area contributed by atoms with Crippen LogP contribution in [-0.2, 0) is 11.2 Å². The molecule has 1 aliphatic carbocycles. The summed E-state index contributed by atoms with van der Waals surface area (Å²) in [6.45, 7) is 0. The Hall–Kier alpha value is -2.82. The number of nitrogens with zero attached hydrogens (tertiary/aromatic N) is 1. The first-order chi connectivity index (χ1) is 12.3. The maximum atomic E-state index is 12.3. The molecule has 1 fully saturated rings. The number of aromatic nitrogens is 2. The molecule has 5 nitrogen and oxygen atoms in total. The van der Waals surface area contributed by atoms with Crippen LogP contribution < -0.4 is 10.6 Å². The van der Waals surface area contributed by atoms with E-state index in [1.807, 2.05) is 42.6 Å². The molecule has 0 unspecified atom stereocenters. The molecule has 1 saturated carbocycles. The third kappa shape index (κ3) is 3.65. The Balaban J connectivity index is 1.37. The Morgan fingerprint density at radius 1 is 1.16 bits per heavy atom. The quantitative estimate of drug-likeness (QED) is 0.658. The maximum Gasteiger partial charge on any atom is 0.228 e. The molecule has 1 aliphatic rings. The van der Waals surface area contributed by atoms with E-state index in [2.05, 4.69) is 20.6 Å². The molecule has 128 valence electrons. The summed E-state index contributed by atoms with van der Waals surface area (Å²) in [5.74, 6) is 0.838. The summed E-state index contributed by atoms with van der Waals surface area (Å²) in [6, 6.07) is 12.4. The molecule has 0 radical (unpaired) electrons. The van der Waals surface area contributed by atoms with E-state index in [9.17, 15) is 4.79 Å². The van der Waals surface area contributed by atoms with Crippen LogP contribution in [0.2, 0.25) is 0 Å². The van der Waals surface area contributed by atoms with Crippen LogP contribution in [0.1, 0.15) is 31.2 Å². The summed E-state index contributed by atoms with van der Waals surface area (Å²) in [5, 5.41) is 7.46. The van der Waals surface area contributed by atoms with Gasteiger partial charge in [0.1, 0.15) is 5.82 Å². The van der Waals surface area contributed by atoms with Gasteiger partial charge in [0, 0.05) is 23.1 Å². The van der Waals surface area contributed by atoms with Crippen molar-refractivity contribution in [3.8, 4) is 0 Å². The summed E-state index contributed by atoms with van der Waals surface area (Å²) in [5.41, 5.74) is 2.77. The minimum absolute atomic E-state index is 0.0388. The number of fused-ring (bicyclic) bond motifs is 1. The first kappa shape index (κ1) is 15.7. The Kier molecular flexibility index (Phi) is 4.37. The largest absolute Gasteiger partial charge is 0.367 e. The van der Waals surface area contributed by atoms with Crippen LogP contribution in [0, 0.1) is 0 Å². The van der Waals surface area contributed by atoms with Gasteiger partial charge in [-0.05, 0) is 36.6 Å². The fraction of sp³-hybridized carbons (Fsp3) is 0.300. The number of pyridine rings is 1. The van der Waals surface area contributed by atoms with E-state index in [0.717, 1.165) is 28.0 Å². The molecule has 5 heteroatoms. The molecular formula is C20H22N4O. The molecule has 0 aliphatic heterocycles. The molecule has 4 rings (SSSR count). The van der Waals surface area contributed by atoms with Crippen molar-refractivity contribution in [2.24, 2.45) is 0 Å². The van der Waals surface area contributed by atoms with E-state index in [1.54, 1.807) is 6.20 Å². The number of carbonyl (C=O) groups is 1. The fourth-order valence-corrected chi connectivity index (χ4v) is 3.49. The monoisotopic (exact) mass is 334 g/mol. The zero-order valence-electron chi connectivity index (χ0n) is 14.1. The number of hydrogen-bond acceptors (Lipinski definition) is 3. The highest BCUT2D eigenvalue weighted by Gasteiger charge is 2.15. The minimum Gasteiger partial charge on any atom is -0.367 e. The molecule has 3 aromatic rings. The molecule has 0 spiro atoms. The number of hydrogen-bond donors (Lipinski definition) is 3. The van der Waals surface area contributed by atoms with Crippen LogP contribution in [-0.4, -0.2) is 21.9 Å². The van der Waals surface area contributed by atoms with Crippen molar-refractivity contribution in [1.82, 2.24) is 9.97 Å². The van der Waals surface area contributed by atoms with E-state index in [1.165, 1.54) is 25.7 Å². The minimum atomic E-state index is -0.0388. The van der Waals surface area contributed by atoms with Crippen LogP contribution in [0.15, 0.2) is 48.8 Å². The Morgan fingerprint density at radius 3 is 2.80 bits per heavy atom. The number of amides is 1. The standard InChI is InChI=1S/C20H22N4O/c25-20(11-14-12-21-18-8-4-3-7-17(14)18)24-16-9-10-19(22-13-16)23-15-5-1-2-6-15/h3-4,7-10,12-13,15,21H,1-2,5-6,11H2,(H,22,23)(H,24,25). The number of benzene rings is 1. The van der Waals surface area contributed by atoms with E-state index in [-0.39, 0.29) is 5.91 Å². The highest BCUT2D eigenvalue weighted by molar-refractivity contribution is 5.95. The summed E-state index contributed by atoms with van der Waals surface area (Å²) >= 11 is 0. The second-order valence-electron chi connectivity index (χ2n) is 6.64. The maximum absolute atomic E-state index is 12.3. The van der Waals surface area contributed by atoms with Gasteiger partial charge in [-0.1, -0.05) is 31.0 Å². The molecular weight excluding hydrogens is 312 g/mol. The fourth-order valence-electron chi connectivity index (χ4n) is 3.49. The molecule has 2 aromatic heterocycles. The third-order valence-corrected chi connectivity index (χ3v) is 4.78. The zero-order chi connectivity index (χ0) is 17.1. The number of carbonyl (C=O) groups excluding carboxylic acids is 1. The molecule has 2 heterocycles. The van der Waals surface area contributed by atoms with Crippen LogP contribution in [0.5, 0.6) is 0 Å². The van der Waals surface area contributed by atoms with Crippen LogP contribution in [0.3, 0.4) is 0 Å². The summed E-state index contributed by atoms with van der Waals surface area (Å²) in [7, 11) is 0. The number of aromatic amines is 1. The van der Waals surface area contributed by atoms with Gasteiger partial charge >= 0.3 is 0 Å². The average molecular weight is 334 g/mol. The third-order valence-electron chi connectivity index (χ3n) is 4.78. The van der Waals surface area contributed by atoms with Crippen LogP contribution in [0.25, 0.3) is 10.9 Å². The van der Waals surface area contributed by atoms with E-state index in [4.69, 9.17) is 0 Å². The van der Waals surface area contributed by atoms with Crippen molar-refractivity contribution < 1.29 is 4.79 Å². The highest BCUT2D eigenvalue weighted by atomic mass is 16.1. The molecule has 0 atom stereocenters. The van der Waals surface area contributed by atoms with Gasteiger partial charge in [0.25, 0.3) is 0 Å². The van der Waals surface area contributed by atoms with Crippen molar-refractivity contribution in [3.05, 3.63) is 54.4 Å². The lowest BCUT2D eigenvalue weighted by Gasteiger charge is -2.13. The Bertz CT molecular complexity index is 863. The number of rotatable bonds is 5. The van der Waals surface area contributed by atoms with Crippen molar-refractivity contribution in [1.29, 1.82) is 0 Å². The second-order valence-corrected chi connectivity index (χ2v) is 6.64. The van der Waals surface area contributed by atoms with Gasteiger partial charge in [0.05, 0.1) is 18.3 Å². The predicted molar refractivity (Wildman–Crippen MR) is 101 cm³/mol. The van der Waals surface area contributed by atoms with Gasteiger partial charge in [-0.3, -0.25) is 4.79 Å². The van der Waals surface area contributed by atoms with Gasteiger partial charge in [-0.15, -0.1) is 0 Å². The van der Waals surface area contributed by atoms with Crippen molar-refractivity contribution in [3.63, 3.8) is 0 Å². The molecule has 3 N–H and O–H groups in total. The number of H-pyrrole nitrogens is 1. The lowest BCUT2D eigenvalue weighted by atomic mass is 10.1. The number of anilines is 2.